The van der Waals surface area contributed by atoms with E-state index >= 15 is 0 Å². The van der Waals surface area contributed by atoms with Crippen LogP contribution in [0.15, 0.2) is 58.3 Å². The van der Waals surface area contributed by atoms with Crippen molar-refractivity contribution < 1.29 is 9.18 Å². The lowest BCUT2D eigenvalue weighted by Crippen LogP contribution is -2.30. The van der Waals surface area contributed by atoms with Crippen molar-refractivity contribution in [3.05, 3.63) is 92.0 Å². The summed E-state index contributed by atoms with van der Waals surface area (Å²) in [6.07, 6.45) is 1.09. The van der Waals surface area contributed by atoms with Gasteiger partial charge in [-0.2, -0.15) is 0 Å². The molecule has 152 valence electrons. The van der Waals surface area contributed by atoms with Crippen LogP contribution in [0.5, 0.6) is 0 Å². The third-order valence-electron chi connectivity index (χ3n) is 5.00. The average molecular weight is 406 g/mol. The summed E-state index contributed by atoms with van der Waals surface area (Å²) in [7, 11) is 0. The van der Waals surface area contributed by atoms with E-state index in [-0.39, 0.29) is 30.3 Å². The summed E-state index contributed by atoms with van der Waals surface area (Å²) in [5.41, 5.74) is 2.87. The lowest BCUT2D eigenvalue weighted by atomic mass is 10.0. The fourth-order valence-corrected chi connectivity index (χ4v) is 3.42. The molecule has 0 unspecified atom stereocenters. The van der Waals surface area contributed by atoms with Crippen molar-refractivity contribution >= 4 is 16.8 Å². The van der Waals surface area contributed by atoms with E-state index in [4.69, 9.17) is 0 Å². The van der Waals surface area contributed by atoms with Crippen LogP contribution in [0.4, 0.5) is 4.39 Å². The number of aryl methyl sites for hydroxylation is 1. The first-order valence-corrected chi connectivity index (χ1v) is 9.36. The number of H-pyrrole nitrogens is 3. The van der Waals surface area contributed by atoms with Crippen LogP contribution in [0, 0.1) is 12.7 Å². The van der Waals surface area contributed by atoms with Crippen LogP contribution in [0.2, 0.25) is 0 Å². The number of benzene rings is 2. The summed E-state index contributed by atoms with van der Waals surface area (Å²) in [5, 5.41) is 3.71. The average Bonchev–Trinajstić information content (AvgIpc) is 3.05. The zero-order chi connectivity index (χ0) is 21.3. The molecule has 4 aromatic rings. The molecule has 4 N–H and O–H groups in total. The quantitative estimate of drug-likeness (QED) is 0.409. The minimum atomic E-state index is -0.617. The third-order valence-corrected chi connectivity index (χ3v) is 5.00. The molecule has 4 rings (SSSR count). The van der Waals surface area contributed by atoms with Crippen molar-refractivity contribution in [2.24, 2.45) is 0 Å². The van der Waals surface area contributed by atoms with Gasteiger partial charge in [0, 0.05) is 34.8 Å². The van der Waals surface area contributed by atoms with Crippen molar-refractivity contribution in [2.75, 3.05) is 0 Å². The smallest absolute Gasteiger partial charge is 0.325 e. The van der Waals surface area contributed by atoms with Gasteiger partial charge in [-0.05, 0) is 42.3 Å². The van der Waals surface area contributed by atoms with Crippen molar-refractivity contribution in [1.82, 2.24) is 20.3 Å². The molecule has 30 heavy (non-hydrogen) atoms. The number of hydrogen-bond acceptors (Lipinski definition) is 3. The molecule has 0 radical (unpaired) electrons. The topological polar surface area (TPSA) is 111 Å². The molecule has 0 atom stereocenters. The Morgan fingerprint density at radius 2 is 1.90 bits per heavy atom. The monoisotopic (exact) mass is 406 g/mol. The number of aromatic amines is 3. The Morgan fingerprint density at radius 1 is 1.10 bits per heavy atom. The van der Waals surface area contributed by atoms with Crippen LogP contribution in [0.1, 0.15) is 16.7 Å². The zero-order valence-corrected chi connectivity index (χ0v) is 16.1. The number of carbonyl (C=O) groups excluding carboxylic acids is 1. The van der Waals surface area contributed by atoms with Gasteiger partial charge in [0.05, 0.1) is 12.1 Å². The number of nitrogens with one attached hydrogen (secondary N) is 4. The van der Waals surface area contributed by atoms with E-state index in [0.29, 0.717) is 5.56 Å². The molecule has 0 aliphatic heterocycles. The van der Waals surface area contributed by atoms with Crippen molar-refractivity contribution in [3.63, 3.8) is 0 Å². The summed E-state index contributed by atoms with van der Waals surface area (Å²) in [6, 6.07) is 12.3. The molecule has 0 fully saturated rings. The van der Waals surface area contributed by atoms with Gasteiger partial charge in [0.15, 0.2) is 0 Å². The number of aromatic nitrogens is 3. The SMILES string of the molecule is Cc1c(-c2ccccc2F)[nH]c2ccc(CNC(=O)Cc3c[nH]c(=O)[nH]c3=O)cc12. The van der Waals surface area contributed by atoms with Crippen LogP contribution >= 0.6 is 0 Å². The second-order valence-corrected chi connectivity index (χ2v) is 7.04. The fraction of sp³-hybridized carbons (Fsp3) is 0.136. The van der Waals surface area contributed by atoms with Gasteiger partial charge >= 0.3 is 5.69 Å². The highest BCUT2D eigenvalue weighted by Gasteiger charge is 2.13. The van der Waals surface area contributed by atoms with E-state index in [2.05, 4.69) is 20.3 Å². The van der Waals surface area contributed by atoms with Gasteiger partial charge in [-0.25, -0.2) is 9.18 Å². The number of carbonyl (C=O) groups is 1. The highest BCUT2D eigenvalue weighted by molar-refractivity contribution is 5.91. The van der Waals surface area contributed by atoms with E-state index in [1.54, 1.807) is 18.2 Å². The lowest BCUT2D eigenvalue weighted by molar-refractivity contribution is -0.120. The summed E-state index contributed by atoms with van der Waals surface area (Å²) in [4.78, 5) is 42.6. The normalized spacial score (nSPS) is 11.0. The Hall–Kier alpha value is -3.94. The van der Waals surface area contributed by atoms with Gasteiger partial charge < -0.3 is 15.3 Å². The molecule has 2 heterocycles. The molecule has 0 aliphatic carbocycles. The molecular weight excluding hydrogens is 387 g/mol. The standard InChI is InChI=1S/C22H19FN4O3/c1-12-16-8-13(10-24-19(28)9-14-11-25-22(30)27-21(14)29)6-7-18(16)26-20(12)15-4-2-3-5-17(15)23/h2-8,11,26H,9-10H2,1H3,(H,24,28)(H2,25,27,29,30). The molecule has 0 saturated carbocycles. The Morgan fingerprint density at radius 3 is 2.67 bits per heavy atom. The summed E-state index contributed by atoms with van der Waals surface area (Å²) < 4.78 is 14.2. The van der Waals surface area contributed by atoms with Crippen molar-refractivity contribution in [1.29, 1.82) is 0 Å². The maximum Gasteiger partial charge on any atom is 0.325 e. The fourth-order valence-electron chi connectivity index (χ4n) is 3.42. The molecular formula is C22H19FN4O3. The number of halogens is 1. The lowest BCUT2D eigenvalue weighted by Gasteiger charge is -2.06. The minimum Gasteiger partial charge on any atom is -0.354 e. The maximum atomic E-state index is 14.2. The predicted molar refractivity (Wildman–Crippen MR) is 112 cm³/mol. The van der Waals surface area contributed by atoms with E-state index in [9.17, 15) is 18.8 Å². The van der Waals surface area contributed by atoms with Crippen molar-refractivity contribution in [3.8, 4) is 11.3 Å². The molecule has 2 aromatic heterocycles. The van der Waals surface area contributed by atoms with E-state index in [1.807, 2.05) is 25.1 Å². The summed E-state index contributed by atoms with van der Waals surface area (Å²) in [5.74, 6) is -0.637. The van der Waals surface area contributed by atoms with Crippen molar-refractivity contribution in [2.45, 2.75) is 19.9 Å². The van der Waals surface area contributed by atoms with Crippen LogP contribution in [0.3, 0.4) is 0 Å². The first kappa shape index (κ1) is 19.4. The molecule has 1 amide bonds. The molecule has 7 nitrogen and oxygen atoms in total. The number of hydrogen-bond donors (Lipinski definition) is 4. The first-order valence-electron chi connectivity index (χ1n) is 9.36. The highest BCUT2D eigenvalue weighted by atomic mass is 19.1. The van der Waals surface area contributed by atoms with Gasteiger partial charge in [0.25, 0.3) is 5.56 Å². The Balaban J connectivity index is 1.52. The van der Waals surface area contributed by atoms with Gasteiger partial charge in [0.1, 0.15) is 5.82 Å². The molecule has 0 saturated heterocycles. The van der Waals surface area contributed by atoms with Crippen LogP contribution < -0.4 is 16.6 Å². The Bertz CT molecular complexity index is 1370. The molecule has 0 bridgehead atoms. The van der Waals surface area contributed by atoms with Gasteiger partial charge in [0.2, 0.25) is 5.91 Å². The van der Waals surface area contributed by atoms with E-state index in [1.165, 1.54) is 12.3 Å². The third kappa shape index (κ3) is 3.80. The van der Waals surface area contributed by atoms with E-state index < -0.39 is 11.2 Å². The molecule has 8 heteroatoms. The van der Waals surface area contributed by atoms with E-state index in [0.717, 1.165) is 27.7 Å². The Kier molecular flexibility index (Phi) is 5.05. The number of rotatable bonds is 5. The molecule has 0 spiro atoms. The van der Waals surface area contributed by atoms with Gasteiger partial charge in [-0.3, -0.25) is 14.6 Å². The van der Waals surface area contributed by atoms with Crippen LogP contribution in [-0.2, 0) is 17.8 Å². The Labute approximate surface area is 170 Å². The van der Waals surface area contributed by atoms with Crippen LogP contribution in [0.25, 0.3) is 22.2 Å². The molecule has 2 aromatic carbocycles. The summed E-state index contributed by atoms with van der Waals surface area (Å²) >= 11 is 0. The second-order valence-electron chi connectivity index (χ2n) is 7.04. The second kappa shape index (κ2) is 7.82. The minimum absolute atomic E-state index is 0.144. The highest BCUT2D eigenvalue weighted by Crippen LogP contribution is 2.31. The first-order chi connectivity index (χ1) is 14.4. The predicted octanol–water partition coefficient (Wildman–Crippen LogP) is 2.52. The number of amides is 1. The maximum absolute atomic E-state index is 14.2. The molecule has 0 aliphatic rings. The van der Waals surface area contributed by atoms with Gasteiger partial charge in [-0.1, -0.05) is 18.2 Å². The summed E-state index contributed by atoms with van der Waals surface area (Å²) in [6.45, 7) is 2.20. The zero-order valence-electron chi connectivity index (χ0n) is 16.1. The van der Waals surface area contributed by atoms with Gasteiger partial charge in [-0.15, -0.1) is 0 Å². The largest absolute Gasteiger partial charge is 0.354 e. The van der Waals surface area contributed by atoms with Crippen LogP contribution in [-0.4, -0.2) is 20.9 Å². The number of fused-ring (bicyclic) bond motifs is 1.